The second kappa shape index (κ2) is 6.03. The van der Waals surface area contributed by atoms with E-state index in [0.717, 1.165) is 19.4 Å². The van der Waals surface area contributed by atoms with E-state index in [-0.39, 0.29) is 18.3 Å². The molecule has 4 heteroatoms. The van der Waals surface area contributed by atoms with Crippen molar-refractivity contribution in [2.24, 2.45) is 5.92 Å². The van der Waals surface area contributed by atoms with Gasteiger partial charge >= 0.3 is 0 Å². The molecule has 3 nitrogen and oxygen atoms in total. The fraction of sp³-hybridized carbons (Fsp3) is 0.462. The van der Waals surface area contributed by atoms with Crippen molar-refractivity contribution >= 4 is 17.4 Å². The number of halogens is 1. The monoisotopic (exact) mass is 254 g/mol. The van der Waals surface area contributed by atoms with Crippen LogP contribution in [0.3, 0.4) is 0 Å². The van der Waals surface area contributed by atoms with Gasteiger partial charge in [-0.15, -0.1) is 0 Å². The molecule has 0 saturated carbocycles. The van der Waals surface area contributed by atoms with Crippen molar-refractivity contribution in [2.45, 2.75) is 12.8 Å². The molecule has 0 amide bonds. The van der Waals surface area contributed by atoms with Crippen LogP contribution in [0.4, 0.5) is 0 Å². The molecule has 1 saturated heterocycles. The van der Waals surface area contributed by atoms with Gasteiger partial charge in [-0.25, -0.2) is 0 Å². The van der Waals surface area contributed by atoms with Crippen molar-refractivity contribution < 1.29 is 14.3 Å². The smallest absolute Gasteiger partial charge is 0.175 e. The minimum absolute atomic E-state index is 0.00366. The molecule has 2 rings (SSSR count). The first-order chi connectivity index (χ1) is 8.25. The van der Waals surface area contributed by atoms with E-state index >= 15 is 0 Å². The third-order valence-corrected chi connectivity index (χ3v) is 3.06. The minimum Gasteiger partial charge on any atom is -0.486 e. The Morgan fingerprint density at radius 2 is 2.18 bits per heavy atom. The van der Waals surface area contributed by atoms with Crippen molar-refractivity contribution in [1.29, 1.82) is 0 Å². The van der Waals surface area contributed by atoms with Crippen LogP contribution in [0.1, 0.15) is 12.8 Å². The number of rotatable bonds is 4. The topological polar surface area (TPSA) is 35.5 Å². The Labute approximate surface area is 106 Å². The number of hydrogen-bond donors (Lipinski definition) is 0. The lowest BCUT2D eigenvalue weighted by Gasteiger charge is -2.20. The van der Waals surface area contributed by atoms with Gasteiger partial charge in [0.1, 0.15) is 12.4 Å². The summed E-state index contributed by atoms with van der Waals surface area (Å²) in [5.41, 5.74) is 0. The third-order valence-electron chi connectivity index (χ3n) is 2.81. The number of benzene rings is 1. The molecule has 1 heterocycles. The van der Waals surface area contributed by atoms with E-state index in [1.807, 2.05) is 0 Å². The molecule has 1 atom stereocenters. The summed E-state index contributed by atoms with van der Waals surface area (Å²) in [6.45, 7) is 1.40. The second-order valence-corrected chi connectivity index (χ2v) is 4.56. The quantitative estimate of drug-likeness (QED) is 0.829. The molecule has 1 aromatic carbocycles. The van der Waals surface area contributed by atoms with E-state index in [1.54, 1.807) is 24.3 Å². The van der Waals surface area contributed by atoms with Crippen LogP contribution in [0.2, 0.25) is 5.02 Å². The van der Waals surface area contributed by atoms with Gasteiger partial charge in [0.05, 0.1) is 6.61 Å². The number of ketones is 1. The lowest BCUT2D eigenvalue weighted by atomic mass is 9.98. The highest BCUT2D eigenvalue weighted by Crippen LogP contribution is 2.18. The Bertz CT molecular complexity index is 369. The minimum atomic E-state index is -0.00366. The van der Waals surface area contributed by atoms with Gasteiger partial charge in [0, 0.05) is 17.5 Å². The fourth-order valence-electron chi connectivity index (χ4n) is 1.80. The van der Waals surface area contributed by atoms with Crippen LogP contribution in [0.5, 0.6) is 5.75 Å². The molecule has 0 radical (unpaired) electrons. The number of carbonyl (C=O) groups excluding carboxylic acids is 1. The average molecular weight is 255 g/mol. The molecule has 1 aromatic rings. The van der Waals surface area contributed by atoms with Crippen LogP contribution in [0, 0.1) is 5.92 Å². The van der Waals surface area contributed by atoms with E-state index in [0.29, 0.717) is 17.4 Å². The molecule has 1 fully saturated rings. The Morgan fingerprint density at radius 3 is 2.82 bits per heavy atom. The molecule has 1 aliphatic heterocycles. The highest BCUT2D eigenvalue weighted by Gasteiger charge is 2.21. The Morgan fingerprint density at radius 1 is 1.41 bits per heavy atom. The van der Waals surface area contributed by atoms with Crippen LogP contribution in [-0.4, -0.2) is 25.6 Å². The molecule has 0 N–H and O–H groups in total. The number of hydrogen-bond acceptors (Lipinski definition) is 3. The Hall–Kier alpha value is -1.06. The molecule has 0 spiro atoms. The van der Waals surface area contributed by atoms with Gasteiger partial charge in [0.2, 0.25) is 0 Å². The van der Waals surface area contributed by atoms with Gasteiger partial charge in [-0.1, -0.05) is 11.6 Å². The molecule has 0 aromatic heterocycles. The summed E-state index contributed by atoms with van der Waals surface area (Å²) in [6, 6.07) is 7.00. The highest BCUT2D eigenvalue weighted by atomic mass is 35.5. The average Bonchev–Trinajstić information content (AvgIpc) is 2.39. The number of carbonyl (C=O) groups is 1. The van der Waals surface area contributed by atoms with Gasteiger partial charge < -0.3 is 9.47 Å². The zero-order valence-electron chi connectivity index (χ0n) is 9.52. The zero-order chi connectivity index (χ0) is 12.1. The van der Waals surface area contributed by atoms with Crippen LogP contribution >= 0.6 is 11.6 Å². The molecular formula is C13H15ClO3. The molecule has 1 aliphatic rings. The van der Waals surface area contributed by atoms with Crippen molar-refractivity contribution in [3.8, 4) is 5.75 Å². The lowest BCUT2D eigenvalue weighted by Crippen LogP contribution is -2.29. The van der Waals surface area contributed by atoms with Gasteiger partial charge in [-0.05, 0) is 37.1 Å². The molecule has 1 unspecified atom stereocenters. The molecular weight excluding hydrogens is 240 g/mol. The van der Waals surface area contributed by atoms with Gasteiger partial charge in [-0.3, -0.25) is 4.79 Å². The standard InChI is InChI=1S/C13H15ClO3/c14-11-3-5-12(6-4-11)17-9-13(15)10-2-1-7-16-8-10/h3-6,10H,1-2,7-9H2. The maximum absolute atomic E-state index is 11.8. The van der Waals surface area contributed by atoms with Crippen molar-refractivity contribution in [3.05, 3.63) is 29.3 Å². The predicted molar refractivity (Wildman–Crippen MR) is 65.5 cm³/mol. The van der Waals surface area contributed by atoms with Crippen LogP contribution < -0.4 is 4.74 Å². The summed E-state index contributed by atoms with van der Waals surface area (Å²) in [6.07, 6.45) is 1.86. The second-order valence-electron chi connectivity index (χ2n) is 4.12. The lowest BCUT2D eigenvalue weighted by molar-refractivity contribution is -0.128. The third kappa shape index (κ3) is 3.72. The molecule has 0 bridgehead atoms. The van der Waals surface area contributed by atoms with E-state index < -0.39 is 0 Å². The van der Waals surface area contributed by atoms with Crippen molar-refractivity contribution in [3.63, 3.8) is 0 Å². The zero-order valence-corrected chi connectivity index (χ0v) is 10.3. The van der Waals surface area contributed by atoms with Crippen molar-refractivity contribution in [2.75, 3.05) is 19.8 Å². The van der Waals surface area contributed by atoms with Crippen LogP contribution in [0.15, 0.2) is 24.3 Å². The number of ether oxygens (including phenoxy) is 2. The van der Waals surface area contributed by atoms with E-state index in [4.69, 9.17) is 21.1 Å². The summed E-state index contributed by atoms with van der Waals surface area (Å²) in [5, 5.41) is 0.657. The largest absolute Gasteiger partial charge is 0.486 e. The first kappa shape index (κ1) is 12.4. The first-order valence-electron chi connectivity index (χ1n) is 5.74. The first-order valence-corrected chi connectivity index (χ1v) is 6.12. The summed E-state index contributed by atoms with van der Waals surface area (Å²) < 4.78 is 10.7. The summed E-state index contributed by atoms with van der Waals surface area (Å²) in [7, 11) is 0. The van der Waals surface area contributed by atoms with Gasteiger partial charge in [0.25, 0.3) is 0 Å². The van der Waals surface area contributed by atoms with E-state index in [2.05, 4.69) is 0 Å². The fourth-order valence-corrected chi connectivity index (χ4v) is 1.92. The highest BCUT2D eigenvalue weighted by molar-refractivity contribution is 6.30. The summed E-state index contributed by atoms with van der Waals surface area (Å²) >= 11 is 5.76. The maximum atomic E-state index is 11.8. The van der Waals surface area contributed by atoms with Gasteiger partial charge in [0.15, 0.2) is 5.78 Å². The molecule has 92 valence electrons. The molecule has 0 aliphatic carbocycles. The number of Topliss-reactive ketones (excluding diaryl/α,β-unsaturated/α-hetero) is 1. The van der Waals surface area contributed by atoms with Crippen LogP contribution in [-0.2, 0) is 9.53 Å². The van der Waals surface area contributed by atoms with E-state index in [1.165, 1.54) is 0 Å². The molecule has 17 heavy (non-hydrogen) atoms. The Kier molecular flexibility index (Phi) is 4.40. The van der Waals surface area contributed by atoms with Crippen LogP contribution in [0.25, 0.3) is 0 Å². The SMILES string of the molecule is O=C(COc1ccc(Cl)cc1)C1CCCOC1. The van der Waals surface area contributed by atoms with Crippen molar-refractivity contribution in [1.82, 2.24) is 0 Å². The summed E-state index contributed by atoms with van der Waals surface area (Å²) in [4.78, 5) is 11.8. The van der Waals surface area contributed by atoms with Gasteiger partial charge in [-0.2, -0.15) is 0 Å². The van der Waals surface area contributed by atoms with E-state index in [9.17, 15) is 4.79 Å². The normalized spacial score (nSPS) is 19.9. The summed E-state index contributed by atoms with van der Waals surface area (Å²) in [5.74, 6) is 0.773. The predicted octanol–water partition coefficient (Wildman–Crippen LogP) is 2.71. The maximum Gasteiger partial charge on any atom is 0.175 e. The Balaban J connectivity index is 1.81.